The second-order valence-corrected chi connectivity index (χ2v) is 3.64. The summed E-state index contributed by atoms with van der Waals surface area (Å²) in [5, 5.41) is 0. The molecular weight excluding hydrogens is 150 g/mol. The third-order valence-corrected chi connectivity index (χ3v) is 2.28. The van der Waals surface area contributed by atoms with E-state index in [0.717, 1.165) is 18.0 Å². The van der Waals surface area contributed by atoms with E-state index in [1.165, 1.54) is 12.8 Å². The second-order valence-electron chi connectivity index (χ2n) is 3.64. The van der Waals surface area contributed by atoms with E-state index in [2.05, 4.69) is 0 Å². The van der Waals surface area contributed by atoms with Crippen molar-refractivity contribution in [2.75, 3.05) is 0 Å². The van der Waals surface area contributed by atoms with Gasteiger partial charge in [-0.2, -0.15) is 0 Å². The van der Waals surface area contributed by atoms with E-state index in [1.807, 2.05) is 23.8 Å². The molecule has 1 aliphatic carbocycles. The Kier molecular flexibility index (Phi) is 1.75. The van der Waals surface area contributed by atoms with Gasteiger partial charge in [-0.25, -0.2) is 0 Å². The molecule has 0 unspecified atom stereocenters. The monoisotopic (exact) mass is 163 g/mol. The minimum absolute atomic E-state index is 0.132. The van der Waals surface area contributed by atoms with Crippen molar-refractivity contribution in [1.29, 1.82) is 0 Å². The van der Waals surface area contributed by atoms with Crippen molar-refractivity contribution in [1.82, 2.24) is 4.57 Å². The number of hydrogen-bond acceptors (Lipinski definition) is 1. The van der Waals surface area contributed by atoms with Crippen LogP contribution >= 0.6 is 0 Å². The summed E-state index contributed by atoms with van der Waals surface area (Å²) in [5.74, 6) is 0.768. The molecule has 0 radical (unpaired) electrons. The molecule has 0 amide bonds. The van der Waals surface area contributed by atoms with Crippen LogP contribution in [0.25, 0.3) is 0 Å². The van der Waals surface area contributed by atoms with E-state index in [1.54, 1.807) is 6.07 Å². The number of nitrogens with zero attached hydrogens (tertiary/aromatic N) is 1. The van der Waals surface area contributed by atoms with Crippen molar-refractivity contribution in [2.24, 2.45) is 5.92 Å². The minimum Gasteiger partial charge on any atom is -0.315 e. The summed E-state index contributed by atoms with van der Waals surface area (Å²) >= 11 is 0. The number of aryl methyl sites for hydroxylation is 1. The molecule has 1 fully saturated rings. The molecule has 2 heteroatoms. The van der Waals surface area contributed by atoms with Gasteiger partial charge in [-0.05, 0) is 31.2 Å². The van der Waals surface area contributed by atoms with Gasteiger partial charge < -0.3 is 4.57 Å². The van der Waals surface area contributed by atoms with Gasteiger partial charge in [-0.15, -0.1) is 0 Å². The molecule has 2 nitrogen and oxygen atoms in total. The fourth-order valence-corrected chi connectivity index (χ4v) is 1.37. The third kappa shape index (κ3) is 1.58. The van der Waals surface area contributed by atoms with E-state index >= 15 is 0 Å². The van der Waals surface area contributed by atoms with Crippen molar-refractivity contribution in [2.45, 2.75) is 26.3 Å². The Hall–Kier alpha value is -1.05. The van der Waals surface area contributed by atoms with Crippen molar-refractivity contribution in [3.63, 3.8) is 0 Å². The first-order valence-electron chi connectivity index (χ1n) is 4.43. The topological polar surface area (TPSA) is 22.0 Å². The molecule has 2 rings (SSSR count). The molecule has 1 aliphatic rings. The minimum atomic E-state index is 0.132. The maximum Gasteiger partial charge on any atom is 0.250 e. The van der Waals surface area contributed by atoms with Crippen molar-refractivity contribution in [3.05, 3.63) is 34.2 Å². The molecule has 1 aromatic rings. The molecule has 0 N–H and O–H groups in total. The smallest absolute Gasteiger partial charge is 0.250 e. The summed E-state index contributed by atoms with van der Waals surface area (Å²) in [5.41, 5.74) is 1.29. The molecule has 64 valence electrons. The SMILES string of the molecule is Cc1ccc(=O)n(CC2CC2)c1. The number of hydrogen-bond donors (Lipinski definition) is 0. The van der Waals surface area contributed by atoms with E-state index < -0.39 is 0 Å². The number of pyridine rings is 1. The van der Waals surface area contributed by atoms with Gasteiger partial charge >= 0.3 is 0 Å². The van der Waals surface area contributed by atoms with Gasteiger partial charge in [0.05, 0.1) is 0 Å². The quantitative estimate of drug-likeness (QED) is 0.648. The molecule has 1 heterocycles. The van der Waals surface area contributed by atoms with Gasteiger partial charge in [0.1, 0.15) is 0 Å². The molecule has 1 aromatic heterocycles. The van der Waals surface area contributed by atoms with Crippen LogP contribution in [0.1, 0.15) is 18.4 Å². The van der Waals surface area contributed by atoms with E-state index in [-0.39, 0.29) is 5.56 Å². The Labute approximate surface area is 71.8 Å². The van der Waals surface area contributed by atoms with Gasteiger partial charge in [0.2, 0.25) is 0 Å². The summed E-state index contributed by atoms with van der Waals surface area (Å²) in [7, 11) is 0. The van der Waals surface area contributed by atoms with Crippen LogP contribution in [0.3, 0.4) is 0 Å². The first-order chi connectivity index (χ1) is 5.75. The number of rotatable bonds is 2. The molecule has 1 saturated carbocycles. The lowest BCUT2D eigenvalue weighted by Gasteiger charge is -2.03. The largest absolute Gasteiger partial charge is 0.315 e. The molecule has 0 atom stereocenters. The van der Waals surface area contributed by atoms with Crippen molar-refractivity contribution < 1.29 is 0 Å². The average molecular weight is 163 g/mol. The van der Waals surface area contributed by atoms with Crippen LogP contribution in [-0.2, 0) is 6.54 Å². The van der Waals surface area contributed by atoms with Gasteiger partial charge in [0.15, 0.2) is 0 Å². The number of aromatic nitrogens is 1. The van der Waals surface area contributed by atoms with Crippen LogP contribution in [0.5, 0.6) is 0 Å². The highest BCUT2D eigenvalue weighted by atomic mass is 16.1. The summed E-state index contributed by atoms with van der Waals surface area (Å²) in [6.45, 7) is 2.93. The maximum atomic E-state index is 11.3. The van der Waals surface area contributed by atoms with Crippen molar-refractivity contribution in [3.8, 4) is 0 Å². The maximum absolute atomic E-state index is 11.3. The summed E-state index contributed by atoms with van der Waals surface area (Å²) < 4.78 is 1.83. The third-order valence-electron chi connectivity index (χ3n) is 2.28. The second kappa shape index (κ2) is 2.77. The molecular formula is C10H13NO. The molecule has 0 spiro atoms. The highest BCUT2D eigenvalue weighted by Crippen LogP contribution is 2.29. The summed E-state index contributed by atoms with van der Waals surface area (Å²) in [4.78, 5) is 11.3. The predicted octanol–water partition coefficient (Wildman–Crippen LogP) is 1.57. The average Bonchev–Trinajstić information content (AvgIpc) is 2.81. The van der Waals surface area contributed by atoms with Crippen molar-refractivity contribution >= 4 is 0 Å². The summed E-state index contributed by atoms with van der Waals surface area (Å²) in [6.07, 6.45) is 4.53. The summed E-state index contributed by atoms with van der Waals surface area (Å²) in [6, 6.07) is 3.52. The molecule has 0 bridgehead atoms. The molecule has 0 aromatic carbocycles. The van der Waals surface area contributed by atoms with Crippen LogP contribution in [0.15, 0.2) is 23.1 Å². The Bertz CT molecular complexity index is 336. The zero-order valence-electron chi connectivity index (χ0n) is 7.29. The Morgan fingerprint density at radius 2 is 2.25 bits per heavy atom. The first kappa shape index (κ1) is 7.59. The van der Waals surface area contributed by atoms with Crippen LogP contribution in [0, 0.1) is 12.8 Å². The molecule has 0 aliphatic heterocycles. The first-order valence-corrected chi connectivity index (χ1v) is 4.43. The van der Waals surface area contributed by atoms with E-state index in [9.17, 15) is 4.79 Å². The van der Waals surface area contributed by atoms with Crippen LogP contribution in [-0.4, -0.2) is 4.57 Å². The standard InChI is InChI=1S/C10H13NO/c1-8-2-5-10(12)11(6-8)7-9-3-4-9/h2,5-6,9H,3-4,7H2,1H3. The zero-order valence-corrected chi connectivity index (χ0v) is 7.29. The Morgan fingerprint density at radius 3 is 2.92 bits per heavy atom. The highest BCUT2D eigenvalue weighted by molar-refractivity contribution is 5.07. The lowest BCUT2D eigenvalue weighted by atomic mass is 10.3. The van der Waals surface area contributed by atoms with Gasteiger partial charge in [-0.1, -0.05) is 6.07 Å². The highest BCUT2D eigenvalue weighted by Gasteiger charge is 2.21. The van der Waals surface area contributed by atoms with Gasteiger partial charge in [0, 0.05) is 18.8 Å². The Balaban J connectivity index is 2.27. The van der Waals surface area contributed by atoms with E-state index in [4.69, 9.17) is 0 Å². The Morgan fingerprint density at radius 1 is 1.50 bits per heavy atom. The molecule has 0 saturated heterocycles. The normalized spacial score (nSPS) is 16.4. The lowest BCUT2D eigenvalue weighted by molar-refractivity contribution is 0.604. The lowest BCUT2D eigenvalue weighted by Crippen LogP contribution is -2.19. The van der Waals surface area contributed by atoms with E-state index in [0.29, 0.717) is 0 Å². The fraction of sp³-hybridized carbons (Fsp3) is 0.500. The fourth-order valence-electron chi connectivity index (χ4n) is 1.37. The van der Waals surface area contributed by atoms with Gasteiger partial charge in [-0.3, -0.25) is 4.79 Å². The van der Waals surface area contributed by atoms with Gasteiger partial charge in [0.25, 0.3) is 5.56 Å². The van der Waals surface area contributed by atoms with Crippen LogP contribution in [0.2, 0.25) is 0 Å². The molecule has 12 heavy (non-hydrogen) atoms. The zero-order chi connectivity index (χ0) is 8.55. The van der Waals surface area contributed by atoms with Crippen LogP contribution < -0.4 is 5.56 Å². The predicted molar refractivity (Wildman–Crippen MR) is 48.2 cm³/mol. The van der Waals surface area contributed by atoms with Crippen LogP contribution in [0.4, 0.5) is 0 Å².